The van der Waals surface area contributed by atoms with Crippen LogP contribution in [0.15, 0.2) is 17.3 Å². The van der Waals surface area contributed by atoms with Crippen LogP contribution in [-0.2, 0) is 9.84 Å². The molecule has 0 bridgehead atoms. The molecule has 3 nitrogen and oxygen atoms in total. The van der Waals surface area contributed by atoms with Crippen molar-refractivity contribution in [1.29, 1.82) is 0 Å². The lowest BCUT2D eigenvalue weighted by molar-refractivity contribution is 0.597. The fourth-order valence-electron chi connectivity index (χ4n) is 1.14. The van der Waals surface area contributed by atoms with E-state index in [1.54, 1.807) is 6.20 Å². The van der Waals surface area contributed by atoms with E-state index in [2.05, 4.69) is 4.98 Å². The Hall–Kier alpha value is -0.170. The van der Waals surface area contributed by atoms with Crippen LogP contribution in [0.5, 0.6) is 0 Å². The van der Waals surface area contributed by atoms with E-state index in [0.717, 1.165) is 9.13 Å². The lowest BCUT2D eigenvalue weighted by atomic mass is 10.1. The predicted octanol–water partition coefficient (Wildman–Crippen LogP) is 2.21. The highest BCUT2D eigenvalue weighted by Crippen LogP contribution is 2.25. The Morgan fingerprint density at radius 2 is 2.00 bits per heavy atom. The molecule has 0 amide bonds. The molecule has 78 valence electrons. The molecule has 0 aliphatic rings. The molecule has 0 aliphatic carbocycles. The molecule has 0 saturated carbocycles. The molecule has 14 heavy (non-hydrogen) atoms. The summed E-state index contributed by atoms with van der Waals surface area (Å²) in [5.41, 5.74) is 1.03. The Labute approximate surface area is 98.0 Å². The smallest absolute Gasteiger partial charge is 0.193 e. The summed E-state index contributed by atoms with van der Waals surface area (Å²) in [4.78, 5) is 3.90. The van der Waals surface area contributed by atoms with Gasteiger partial charge in [-0.05, 0) is 40.1 Å². The van der Waals surface area contributed by atoms with Crippen LogP contribution in [0.3, 0.4) is 0 Å². The van der Waals surface area contributed by atoms with E-state index in [9.17, 15) is 8.42 Å². The molecule has 1 aromatic heterocycles. The van der Waals surface area contributed by atoms with Crippen LogP contribution in [0.1, 0.15) is 25.3 Å². The van der Waals surface area contributed by atoms with Gasteiger partial charge in [0, 0.05) is 12.5 Å². The van der Waals surface area contributed by atoms with E-state index in [1.165, 1.54) is 6.26 Å². The van der Waals surface area contributed by atoms with E-state index in [0.29, 0.717) is 5.92 Å². The van der Waals surface area contributed by atoms with Gasteiger partial charge in [0.2, 0.25) is 0 Å². The summed E-state index contributed by atoms with van der Waals surface area (Å²) in [6.07, 6.45) is 2.73. The first-order valence-electron chi connectivity index (χ1n) is 4.18. The van der Waals surface area contributed by atoms with E-state index in [1.807, 2.05) is 42.5 Å². The highest BCUT2D eigenvalue weighted by atomic mass is 127. The molecule has 5 heteroatoms. The first kappa shape index (κ1) is 11.9. The normalized spacial score (nSPS) is 12.1. The van der Waals surface area contributed by atoms with Gasteiger partial charge in [0.15, 0.2) is 14.9 Å². The van der Waals surface area contributed by atoms with Crippen molar-refractivity contribution in [2.45, 2.75) is 24.8 Å². The van der Waals surface area contributed by atoms with E-state index in [-0.39, 0.29) is 5.03 Å². The van der Waals surface area contributed by atoms with Gasteiger partial charge in [0.1, 0.15) is 0 Å². The average Bonchev–Trinajstić information content (AvgIpc) is 2.01. The maximum Gasteiger partial charge on any atom is 0.193 e. The maximum absolute atomic E-state index is 11.4. The Bertz CT molecular complexity index is 440. The van der Waals surface area contributed by atoms with Crippen LogP contribution in [0.4, 0.5) is 0 Å². The second-order valence-corrected chi connectivity index (χ2v) is 6.46. The number of aromatic nitrogens is 1. The number of hydrogen-bond donors (Lipinski definition) is 0. The van der Waals surface area contributed by atoms with Crippen molar-refractivity contribution < 1.29 is 8.42 Å². The third-order valence-corrected chi connectivity index (χ3v) is 4.37. The van der Waals surface area contributed by atoms with Crippen molar-refractivity contribution in [3.63, 3.8) is 0 Å². The van der Waals surface area contributed by atoms with Crippen molar-refractivity contribution in [1.82, 2.24) is 4.98 Å². The minimum absolute atomic E-state index is 0.185. The van der Waals surface area contributed by atoms with Gasteiger partial charge in [-0.25, -0.2) is 13.4 Å². The number of nitrogens with zero attached hydrogens (tertiary/aromatic N) is 1. The predicted molar refractivity (Wildman–Crippen MR) is 64.2 cm³/mol. The number of pyridine rings is 1. The van der Waals surface area contributed by atoms with E-state index < -0.39 is 9.84 Å². The second-order valence-electron chi connectivity index (χ2n) is 3.45. The van der Waals surface area contributed by atoms with Crippen molar-refractivity contribution in [2.24, 2.45) is 0 Å². The SMILES string of the molecule is CC(C)c1ccnc(S(C)(=O)=O)c1I. The average molecular weight is 325 g/mol. The molecular weight excluding hydrogens is 313 g/mol. The zero-order chi connectivity index (χ0) is 10.9. The number of halogens is 1. The largest absolute Gasteiger partial charge is 0.244 e. The van der Waals surface area contributed by atoms with E-state index >= 15 is 0 Å². The molecule has 1 aromatic rings. The Balaban J connectivity index is 3.43. The lowest BCUT2D eigenvalue weighted by Crippen LogP contribution is -2.06. The summed E-state index contributed by atoms with van der Waals surface area (Å²) in [5.74, 6) is 0.311. The van der Waals surface area contributed by atoms with Gasteiger partial charge >= 0.3 is 0 Å². The molecule has 0 radical (unpaired) electrons. The molecule has 0 spiro atoms. The zero-order valence-electron chi connectivity index (χ0n) is 8.28. The van der Waals surface area contributed by atoms with Gasteiger partial charge in [-0.1, -0.05) is 13.8 Å². The summed E-state index contributed by atoms with van der Waals surface area (Å²) in [7, 11) is -3.21. The van der Waals surface area contributed by atoms with Crippen LogP contribution >= 0.6 is 22.6 Å². The van der Waals surface area contributed by atoms with Crippen LogP contribution in [0.25, 0.3) is 0 Å². The highest BCUT2D eigenvalue weighted by Gasteiger charge is 2.17. The van der Waals surface area contributed by atoms with Crippen molar-refractivity contribution in [2.75, 3.05) is 6.26 Å². The summed E-state index contributed by atoms with van der Waals surface area (Å²) in [6.45, 7) is 4.06. The summed E-state index contributed by atoms with van der Waals surface area (Å²) in [5, 5.41) is 0.185. The molecule has 0 aliphatic heterocycles. The molecule has 1 rings (SSSR count). The summed E-state index contributed by atoms with van der Waals surface area (Å²) < 4.78 is 23.5. The standard InChI is InChI=1S/C9H12INO2S/c1-6(2)7-4-5-11-9(8(7)10)14(3,12)13/h4-6H,1-3H3. The molecule has 0 N–H and O–H groups in total. The molecule has 0 aromatic carbocycles. The topological polar surface area (TPSA) is 47.0 Å². The summed E-state index contributed by atoms with van der Waals surface area (Å²) >= 11 is 2.04. The third-order valence-electron chi connectivity index (χ3n) is 1.86. The quantitative estimate of drug-likeness (QED) is 0.784. The Morgan fingerprint density at radius 3 is 2.43 bits per heavy atom. The van der Waals surface area contributed by atoms with Crippen LogP contribution in [-0.4, -0.2) is 19.7 Å². The molecule has 0 fully saturated rings. The maximum atomic E-state index is 11.4. The fourth-order valence-corrected chi connectivity index (χ4v) is 3.98. The lowest BCUT2D eigenvalue weighted by Gasteiger charge is -2.10. The van der Waals surface area contributed by atoms with Crippen LogP contribution < -0.4 is 0 Å². The van der Waals surface area contributed by atoms with Gasteiger partial charge in [-0.15, -0.1) is 0 Å². The third kappa shape index (κ3) is 2.44. The highest BCUT2D eigenvalue weighted by molar-refractivity contribution is 14.1. The Kier molecular flexibility index (Phi) is 3.52. The number of sulfone groups is 1. The zero-order valence-corrected chi connectivity index (χ0v) is 11.3. The molecular formula is C9H12INO2S. The minimum Gasteiger partial charge on any atom is -0.244 e. The van der Waals surface area contributed by atoms with Crippen LogP contribution in [0.2, 0.25) is 0 Å². The van der Waals surface area contributed by atoms with Gasteiger partial charge in [-0.3, -0.25) is 0 Å². The second kappa shape index (κ2) is 4.14. The molecule has 0 unspecified atom stereocenters. The molecule has 1 heterocycles. The molecule has 0 saturated heterocycles. The molecule has 0 atom stereocenters. The monoisotopic (exact) mass is 325 g/mol. The first-order chi connectivity index (χ1) is 6.34. The summed E-state index contributed by atoms with van der Waals surface area (Å²) in [6, 6.07) is 1.86. The van der Waals surface area contributed by atoms with Gasteiger partial charge in [0.05, 0.1) is 3.57 Å². The van der Waals surface area contributed by atoms with Gasteiger partial charge < -0.3 is 0 Å². The number of hydrogen-bond acceptors (Lipinski definition) is 3. The van der Waals surface area contributed by atoms with Crippen molar-refractivity contribution in [3.8, 4) is 0 Å². The Morgan fingerprint density at radius 1 is 1.43 bits per heavy atom. The van der Waals surface area contributed by atoms with Gasteiger partial charge in [-0.2, -0.15) is 0 Å². The van der Waals surface area contributed by atoms with Crippen molar-refractivity contribution in [3.05, 3.63) is 21.4 Å². The van der Waals surface area contributed by atoms with Crippen LogP contribution in [0, 0.1) is 3.57 Å². The minimum atomic E-state index is -3.21. The van der Waals surface area contributed by atoms with E-state index in [4.69, 9.17) is 0 Å². The van der Waals surface area contributed by atoms with Crippen molar-refractivity contribution >= 4 is 32.4 Å². The number of rotatable bonds is 2. The first-order valence-corrected chi connectivity index (χ1v) is 7.15. The fraction of sp³-hybridized carbons (Fsp3) is 0.444. The van der Waals surface area contributed by atoms with Gasteiger partial charge in [0.25, 0.3) is 0 Å².